The Bertz CT molecular complexity index is 6310. The van der Waals surface area contributed by atoms with E-state index in [9.17, 15) is 46.3 Å². The number of amides is 6. The van der Waals surface area contributed by atoms with Crippen molar-refractivity contribution in [3.8, 4) is 40.0 Å². The number of piperidine rings is 4. The number of ether oxygens (including phenoxy) is 1. The number of nitrogens with zero attached hydrogens (tertiary/aromatic N) is 22. The van der Waals surface area contributed by atoms with Gasteiger partial charge in [0.2, 0.25) is 11.7 Å². The van der Waals surface area contributed by atoms with Gasteiger partial charge in [0.05, 0.1) is 70.6 Å². The lowest BCUT2D eigenvalue weighted by atomic mass is 9.95. The first-order valence-corrected chi connectivity index (χ1v) is 41.4. The van der Waals surface area contributed by atoms with Crippen LogP contribution >= 0.6 is 0 Å². The maximum atomic E-state index is 14.1. The van der Waals surface area contributed by atoms with Crippen molar-refractivity contribution in [3.05, 3.63) is 217 Å². The Morgan fingerprint density at radius 3 is 1.29 bits per heavy atom. The molecule has 125 heavy (non-hydrogen) atoms. The molecule has 32 nitrogen and oxygen atoms in total. The number of nitrogens with two attached hydrogens (primary N) is 1. The number of benzene rings is 1. The Hall–Kier alpha value is -14.1. The lowest BCUT2D eigenvalue weighted by molar-refractivity contribution is 0.0493. The molecule has 19 rings (SSSR count). The van der Waals surface area contributed by atoms with Crippen LogP contribution in [-0.4, -0.2) is 240 Å². The molecule has 0 spiro atoms. The average molecular weight is 1700 g/mol. The van der Waals surface area contributed by atoms with Gasteiger partial charge in [-0.05, 0) is 181 Å². The van der Waals surface area contributed by atoms with E-state index >= 15 is 0 Å². The van der Waals surface area contributed by atoms with E-state index in [0.717, 1.165) is 49.9 Å². The number of fused-ring (bicyclic) bond motifs is 4. The molecule has 13 aromatic heterocycles. The van der Waals surface area contributed by atoms with Crippen molar-refractivity contribution in [2.45, 2.75) is 122 Å². The monoisotopic (exact) mass is 1700 g/mol. The average Bonchev–Trinajstić information content (AvgIpc) is 1.66. The topological polar surface area (TPSA) is 358 Å². The van der Waals surface area contributed by atoms with E-state index in [1.54, 1.807) is 122 Å². The van der Waals surface area contributed by atoms with E-state index in [2.05, 4.69) is 65.8 Å². The van der Waals surface area contributed by atoms with Gasteiger partial charge in [-0.1, -0.05) is 18.1 Å². The molecule has 5 saturated heterocycles. The van der Waals surface area contributed by atoms with Crippen LogP contribution in [0.4, 0.5) is 28.2 Å². The number of hydrogen-bond acceptors (Lipinski definition) is 21. The molecule has 3 N–H and O–H groups in total. The van der Waals surface area contributed by atoms with Gasteiger partial charge in [-0.15, -0.1) is 15.0 Å². The Labute approximate surface area is 714 Å². The number of likely N-dealkylation sites (tertiary alicyclic amines) is 4. The fourth-order valence-electron chi connectivity index (χ4n) is 15.4. The Morgan fingerprint density at radius 1 is 0.472 bits per heavy atom. The minimum atomic E-state index is -1.20. The van der Waals surface area contributed by atoms with Crippen LogP contribution in [0.2, 0.25) is 0 Å². The van der Waals surface area contributed by atoms with Crippen molar-refractivity contribution in [2.24, 2.45) is 5.73 Å². The SMILES string of the molecule is CC1(F)CCN(C(=O)c2cnc3c(ccn3-c3ccc(N4CCOC4=O)nc3)c2)CC1.CC1(F)CCN(C(=O)c2cnc3c(ccn3-c3cccc(C(=O)NCCN)c3)c2)CC1.CCc1nnn(-c2cncc(-n3ccc4cc(C(=O)N5CCC(C)(F)CC5)cnc43)c2)n1.Cc1nc(-c2ccc(-n3ccc4cc(C(=O)N5CCC(C)(F)CC5)cnc43)cn2)no1. The second-order valence-corrected chi connectivity index (χ2v) is 32.6. The van der Waals surface area contributed by atoms with Crippen LogP contribution in [0.25, 0.3) is 84.1 Å². The fraction of sp³-hybridized carbons (Fsp3) is 0.348. The highest BCUT2D eigenvalue weighted by Crippen LogP contribution is 2.34. The molecule has 6 amide bonds. The van der Waals surface area contributed by atoms with Gasteiger partial charge in [-0.2, -0.15) is 4.98 Å². The molecule has 5 aliphatic heterocycles. The van der Waals surface area contributed by atoms with E-state index in [1.165, 1.54) is 9.70 Å². The first kappa shape index (κ1) is 84.5. The molecule has 0 atom stereocenters. The Kier molecular flexibility index (Phi) is 24.0. The minimum absolute atomic E-state index is 0.112. The number of pyridine rings is 7. The lowest BCUT2D eigenvalue weighted by Crippen LogP contribution is -2.43. The summed E-state index contributed by atoms with van der Waals surface area (Å²) in [5.41, 5.74) is 10.5. The third-order valence-corrected chi connectivity index (χ3v) is 23.1. The van der Waals surface area contributed by atoms with Gasteiger partial charge in [0, 0.05) is 161 Å². The zero-order valence-electron chi connectivity index (χ0n) is 69.8. The molecular weight excluding hydrogens is 1610 g/mol. The van der Waals surface area contributed by atoms with Gasteiger partial charge < -0.3 is 44.5 Å². The van der Waals surface area contributed by atoms with Crippen LogP contribution in [0.15, 0.2) is 182 Å². The lowest BCUT2D eigenvalue weighted by Gasteiger charge is -2.34. The van der Waals surface area contributed by atoms with Gasteiger partial charge in [0.15, 0.2) is 5.82 Å². The Balaban J connectivity index is 0.000000123. The van der Waals surface area contributed by atoms with Gasteiger partial charge in [-0.25, -0.2) is 47.3 Å². The molecule has 644 valence electrons. The molecule has 5 aliphatic rings. The molecule has 14 aromatic rings. The number of hydrogen-bond donors (Lipinski definition) is 2. The standard InChI is InChI=1S/C23H26FN5O2.C22H23FN8O.C22H21FN6O2.C22H22FN5O3/c1-23(24)6-11-28(12-7-23)22(31)18-13-16-5-10-29(20(16)27-15-18)19-4-2-3-17(14-19)21(30)26-9-8-25;1-3-19-26-28-31(27-19)18-11-17(13-24-14-18)30-7-4-15-10-16(12-25-20(15)30)21(32)29-8-5-22(2,23)6-9-29;1-14-26-19(27-31-14)18-4-3-17(13-24-18)29-8-5-15-11-16(12-25-20(15)29)21(30)28-9-6-22(2,23)7-10-28;1-22(23)5-8-26(9-6-22)20(29)16-12-15-4-7-27(19(15)25-13-16)17-2-3-18(24-14-17)28-10-11-31-21(28)30/h2-5,10,13-15H,6-9,11-12,25H2,1H3,(H,26,30);4,7,10-14H,3,5-6,8-9H2,1-2H3;3-5,8,11-13H,6-7,9-10H2,1-2H3;2-4,7,12-14H,5-6,8-11H2,1H3. The summed E-state index contributed by atoms with van der Waals surface area (Å²) >= 11 is 0. The summed E-state index contributed by atoms with van der Waals surface area (Å²) in [6.45, 7) is 15.0. The number of carbonyl (C=O) groups is 6. The first-order chi connectivity index (χ1) is 60.1. The molecule has 5 fully saturated rings. The van der Waals surface area contributed by atoms with Crippen molar-refractivity contribution in [1.82, 2.24) is 108 Å². The largest absolute Gasteiger partial charge is 0.447 e. The Morgan fingerprint density at radius 2 is 0.904 bits per heavy atom. The fourth-order valence-corrected chi connectivity index (χ4v) is 15.4. The number of anilines is 1. The zero-order valence-corrected chi connectivity index (χ0v) is 69.8. The minimum Gasteiger partial charge on any atom is -0.447 e. The second kappa shape index (κ2) is 35.4. The molecule has 0 unspecified atom stereocenters. The molecular formula is C89H92F4N24O8. The van der Waals surface area contributed by atoms with E-state index < -0.39 is 28.8 Å². The molecule has 18 heterocycles. The second-order valence-electron chi connectivity index (χ2n) is 32.6. The van der Waals surface area contributed by atoms with Gasteiger partial charge in [0.1, 0.15) is 69.1 Å². The van der Waals surface area contributed by atoms with Crippen molar-refractivity contribution < 1.29 is 55.6 Å². The number of rotatable bonds is 15. The maximum Gasteiger partial charge on any atom is 0.415 e. The smallest absolute Gasteiger partial charge is 0.415 e. The molecule has 0 saturated carbocycles. The number of tetrazole rings is 1. The van der Waals surface area contributed by atoms with Crippen molar-refractivity contribution in [2.75, 3.05) is 83.5 Å². The van der Waals surface area contributed by atoms with Crippen molar-refractivity contribution in [1.29, 1.82) is 0 Å². The number of nitrogens with one attached hydrogen (secondary N) is 1. The van der Waals surface area contributed by atoms with Crippen LogP contribution in [0.1, 0.15) is 149 Å². The van der Waals surface area contributed by atoms with E-state index in [4.69, 9.17) is 15.0 Å². The number of aryl methyl sites for hydroxylation is 2. The number of carbonyl (C=O) groups excluding carboxylic acids is 6. The van der Waals surface area contributed by atoms with Crippen LogP contribution in [0, 0.1) is 6.92 Å². The predicted molar refractivity (Wildman–Crippen MR) is 456 cm³/mol. The molecule has 0 bridgehead atoms. The molecule has 0 radical (unpaired) electrons. The van der Waals surface area contributed by atoms with E-state index in [0.29, 0.717) is 216 Å². The van der Waals surface area contributed by atoms with Crippen LogP contribution in [0.5, 0.6) is 0 Å². The highest BCUT2D eigenvalue weighted by atomic mass is 19.2. The van der Waals surface area contributed by atoms with Gasteiger partial charge in [-0.3, -0.25) is 52.5 Å². The summed E-state index contributed by atoms with van der Waals surface area (Å²) in [4.78, 5) is 120. The van der Waals surface area contributed by atoms with Crippen molar-refractivity contribution >= 4 is 85.6 Å². The third kappa shape index (κ3) is 19.0. The normalized spacial score (nSPS) is 16.5. The highest BCUT2D eigenvalue weighted by molar-refractivity contribution is 6.01. The molecule has 1 aromatic carbocycles. The van der Waals surface area contributed by atoms with Crippen LogP contribution < -0.4 is 16.0 Å². The summed E-state index contributed by atoms with van der Waals surface area (Å²) in [6.07, 6.45) is 23.7. The molecule has 36 heteroatoms. The highest BCUT2D eigenvalue weighted by Gasteiger charge is 2.37. The maximum absolute atomic E-state index is 14.1. The van der Waals surface area contributed by atoms with E-state index in [1.807, 2.05) is 135 Å². The number of cyclic esters (lactones) is 1. The summed E-state index contributed by atoms with van der Waals surface area (Å²) in [6, 6.07) is 31.3. The van der Waals surface area contributed by atoms with Crippen LogP contribution in [-0.2, 0) is 11.2 Å². The first-order valence-electron chi connectivity index (χ1n) is 41.4. The van der Waals surface area contributed by atoms with E-state index in [-0.39, 0.29) is 29.5 Å². The summed E-state index contributed by atoms with van der Waals surface area (Å²) in [7, 11) is 0. The quantitative estimate of drug-likeness (QED) is 0.0900. The molecule has 0 aliphatic carbocycles. The van der Waals surface area contributed by atoms with Gasteiger partial charge >= 0.3 is 6.09 Å². The number of halogens is 4. The predicted octanol–water partition coefficient (Wildman–Crippen LogP) is 12.7. The third-order valence-electron chi connectivity index (χ3n) is 23.1. The summed E-state index contributed by atoms with van der Waals surface area (Å²) in [5.74, 6) is 1.45. The number of aromatic nitrogens is 17. The number of alkyl halides is 4. The van der Waals surface area contributed by atoms with Crippen molar-refractivity contribution in [3.63, 3.8) is 0 Å². The van der Waals surface area contributed by atoms with Gasteiger partial charge in [0.25, 0.3) is 29.5 Å². The zero-order chi connectivity index (χ0) is 87.5. The summed E-state index contributed by atoms with van der Waals surface area (Å²) in [5, 5.41) is 22.4. The van der Waals surface area contributed by atoms with Crippen LogP contribution in [0.3, 0.4) is 0 Å². The summed E-state index contributed by atoms with van der Waals surface area (Å²) < 4.78 is 73.7.